The van der Waals surface area contributed by atoms with Crippen molar-refractivity contribution in [3.05, 3.63) is 0 Å². The number of rotatable bonds is 11. The summed E-state index contributed by atoms with van der Waals surface area (Å²) in [6.45, 7) is 3.18. The molecule has 0 spiro atoms. The van der Waals surface area contributed by atoms with Gasteiger partial charge in [0.05, 0.1) is 0 Å². The first-order valence-corrected chi connectivity index (χ1v) is 11.6. The van der Waals surface area contributed by atoms with Gasteiger partial charge in [-0.1, -0.05) is 0 Å². The summed E-state index contributed by atoms with van der Waals surface area (Å²) < 4.78 is 0. The van der Waals surface area contributed by atoms with Crippen LogP contribution in [0.5, 0.6) is 0 Å². The third kappa shape index (κ3) is 7.48. The van der Waals surface area contributed by atoms with E-state index >= 15 is 0 Å². The minimum Gasteiger partial charge on any atom is -0.355 e. The van der Waals surface area contributed by atoms with Gasteiger partial charge in [-0.3, -0.25) is 9.59 Å². The van der Waals surface area contributed by atoms with Crippen LogP contribution in [0, 0.1) is 29.1 Å². The van der Waals surface area contributed by atoms with Crippen molar-refractivity contribution in [2.24, 2.45) is 29.1 Å². The van der Waals surface area contributed by atoms with Gasteiger partial charge in [0, 0.05) is 13.1 Å². The summed E-state index contributed by atoms with van der Waals surface area (Å²) in [4.78, 5) is 30.8. The zero-order chi connectivity index (χ0) is 21.0. The Morgan fingerprint density at radius 3 is 1.45 bits per heavy atom. The highest BCUT2D eigenvalue weighted by molar-refractivity contribution is 6.01. The first-order chi connectivity index (χ1) is 13.8. The Balaban J connectivity index is 0.00000240. The molecule has 0 aromatic carbocycles. The molecule has 6 nitrogen and oxygen atoms in total. The maximum atomic E-state index is 13.3. The van der Waals surface area contributed by atoms with E-state index in [2.05, 4.69) is 20.4 Å². The number of hydrogen-bond acceptors (Lipinski definition) is 4. The molecular formula is C23H44Cl2N4O2. The summed E-state index contributed by atoms with van der Waals surface area (Å²) in [6.07, 6.45) is 9.00. The summed E-state index contributed by atoms with van der Waals surface area (Å²) in [5.74, 6) is 1.60. The van der Waals surface area contributed by atoms with Gasteiger partial charge < -0.3 is 20.4 Å². The minimum absolute atomic E-state index is 0. The van der Waals surface area contributed by atoms with Gasteiger partial charge >= 0.3 is 0 Å². The van der Waals surface area contributed by atoms with Gasteiger partial charge in [-0.2, -0.15) is 0 Å². The molecule has 0 heterocycles. The number of hydrogen-bond donors (Lipinski definition) is 2. The van der Waals surface area contributed by atoms with E-state index < -0.39 is 5.92 Å². The predicted molar refractivity (Wildman–Crippen MR) is 131 cm³/mol. The molecule has 2 amide bonds. The van der Waals surface area contributed by atoms with Gasteiger partial charge in [-0.15, -0.1) is 24.8 Å². The number of amides is 2. The Bertz CT molecular complexity index is 523. The molecule has 182 valence electrons. The van der Waals surface area contributed by atoms with Crippen LogP contribution in [0.25, 0.3) is 0 Å². The predicted octanol–water partition coefficient (Wildman–Crippen LogP) is 2.80. The molecule has 4 aliphatic rings. The van der Waals surface area contributed by atoms with Gasteiger partial charge in [-0.05, 0) is 116 Å². The van der Waals surface area contributed by atoms with Crippen molar-refractivity contribution in [2.45, 2.75) is 51.4 Å². The summed E-state index contributed by atoms with van der Waals surface area (Å²) >= 11 is 0. The highest BCUT2D eigenvalue weighted by Gasteiger charge is 2.57. The average molecular weight is 480 g/mol. The fourth-order valence-corrected chi connectivity index (χ4v) is 6.62. The Kier molecular flexibility index (Phi) is 11.6. The minimum atomic E-state index is -0.519. The van der Waals surface area contributed by atoms with Crippen LogP contribution in [0.4, 0.5) is 0 Å². The molecule has 0 unspecified atom stereocenters. The third-order valence-corrected chi connectivity index (χ3v) is 7.39. The fourth-order valence-electron chi connectivity index (χ4n) is 6.62. The molecule has 8 heteroatoms. The van der Waals surface area contributed by atoms with Gasteiger partial charge in [0.1, 0.15) is 5.92 Å². The molecule has 4 bridgehead atoms. The van der Waals surface area contributed by atoms with Crippen LogP contribution in [0.15, 0.2) is 0 Å². The molecule has 4 rings (SSSR count). The van der Waals surface area contributed by atoms with Crippen molar-refractivity contribution >= 4 is 36.6 Å². The van der Waals surface area contributed by atoms with Gasteiger partial charge in [0.15, 0.2) is 0 Å². The van der Waals surface area contributed by atoms with Gasteiger partial charge in [0.25, 0.3) is 0 Å². The highest BCUT2D eigenvalue weighted by atomic mass is 35.5. The average Bonchev–Trinajstić information content (AvgIpc) is 2.61. The molecular weight excluding hydrogens is 435 g/mol. The van der Waals surface area contributed by atoms with Crippen LogP contribution in [0.1, 0.15) is 51.4 Å². The zero-order valence-electron chi connectivity index (χ0n) is 19.8. The molecule has 0 atom stereocenters. The number of carbonyl (C=O) groups is 2. The molecule has 0 aromatic heterocycles. The smallest absolute Gasteiger partial charge is 0.233 e. The van der Waals surface area contributed by atoms with Crippen LogP contribution in [0.3, 0.4) is 0 Å². The molecule has 0 radical (unpaired) electrons. The van der Waals surface area contributed by atoms with E-state index in [9.17, 15) is 9.59 Å². The molecule has 0 saturated heterocycles. The molecule has 2 N–H and O–H groups in total. The van der Waals surface area contributed by atoms with Crippen molar-refractivity contribution < 1.29 is 9.59 Å². The van der Waals surface area contributed by atoms with Gasteiger partial charge in [0.2, 0.25) is 11.8 Å². The Hall–Kier alpha value is -0.560. The lowest BCUT2D eigenvalue weighted by Gasteiger charge is -2.58. The SMILES string of the molecule is CN(C)CCCNC(=O)C(C(=O)NCCCN(C)C)C12CC3CC(CC(C3)C1)C2.Cl.Cl. The lowest BCUT2D eigenvalue weighted by Crippen LogP contribution is -2.57. The van der Waals surface area contributed by atoms with Crippen molar-refractivity contribution in [2.75, 3.05) is 54.4 Å². The van der Waals surface area contributed by atoms with Crippen molar-refractivity contribution in [3.63, 3.8) is 0 Å². The third-order valence-electron chi connectivity index (χ3n) is 7.39. The standard InChI is InChI=1S/C23H42N4O2.2ClH/c1-26(2)9-5-7-24-21(28)20(22(29)25-8-6-10-27(3)4)23-14-17-11-18(15-23)13-19(12-17)16-23;;/h17-20H,5-16H2,1-4H3,(H,24,28)(H,25,29);2*1H. The fraction of sp³-hybridized carbons (Fsp3) is 0.913. The zero-order valence-corrected chi connectivity index (χ0v) is 21.5. The first-order valence-electron chi connectivity index (χ1n) is 11.6. The second-order valence-electron chi connectivity index (χ2n) is 10.6. The lowest BCUT2D eigenvalue weighted by molar-refractivity contribution is -0.153. The van der Waals surface area contributed by atoms with E-state index in [1.807, 2.05) is 28.2 Å². The van der Waals surface area contributed by atoms with Crippen LogP contribution < -0.4 is 10.6 Å². The summed E-state index contributed by atoms with van der Waals surface area (Å²) in [6, 6.07) is 0. The normalized spacial score (nSPS) is 28.4. The first kappa shape index (κ1) is 28.5. The van der Waals surface area contributed by atoms with Crippen molar-refractivity contribution in [1.29, 1.82) is 0 Å². The quantitative estimate of drug-likeness (QED) is 0.353. The largest absolute Gasteiger partial charge is 0.355 e. The molecule has 0 aliphatic heterocycles. The number of nitrogens with one attached hydrogen (secondary N) is 2. The van der Waals surface area contributed by atoms with Gasteiger partial charge in [-0.25, -0.2) is 0 Å². The van der Waals surface area contributed by atoms with Crippen LogP contribution in [-0.2, 0) is 9.59 Å². The summed E-state index contributed by atoms with van der Waals surface area (Å²) in [5.41, 5.74) is -0.105. The number of nitrogens with zero attached hydrogens (tertiary/aromatic N) is 2. The monoisotopic (exact) mass is 478 g/mol. The molecule has 0 aromatic rings. The maximum Gasteiger partial charge on any atom is 0.233 e. The van der Waals surface area contributed by atoms with Crippen molar-refractivity contribution in [3.8, 4) is 0 Å². The van der Waals surface area contributed by atoms with E-state index in [0.29, 0.717) is 13.1 Å². The second kappa shape index (κ2) is 12.6. The lowest BCUT2D eigenvalue weighted by atomic mass is 9.46. The van der Waals surface area contributed by atoms with Crippen LogP contribution >= 0.6 is 24.8 Å². The van der Waals surface area contributed by atoms with Crippen LogP contribution in [0.2, 0.25) is 0 Å². The van der Waals surface area contributed by atoms with Crippen molar-refractivity contribution in [1.82, 2.24) is 20.4 Å². The number of halogens is 2. The summed E-state index contributed by atoms with van der Waals surface area (Å²) in [7, 11) is 8.17. The molecule has 4 fully saturated rings. The Labute approximate surface area is 201 Å². The van der Waals surface area contributed by atoms with E-state index in [1.54, 1.807) is 0 Å². The molecule has 4 saturated carbocycles. The topological polar surface area (TPSA) is 64.7 Å². The Morgan fingerprint density at radius 2 is 1.13 bits per heavy atom. The van der Waals surface area contributed by atoms with E-state index in [4.69, 9.17) is 0 Å². The second-order valence-corrected chi connectivity index (χ2v) is 10.6. The van der Waals surface area contributed by atoms with E-state index in [-0.39, 0.29) is 42.0 Å². The summed E-state index contributed by atoms with van der Waals surface area (Å²) in [5, 5.41) is 6.24. The Morgan fingerprint density at radius 1 is 0.774 bits per heavy atom. The van der Waals surface area contributed by atoms with E-state index in [0.717, 1.165) is 62.9 Å². The highest BCUT2D eigenvalue weighted by Crippen LogP contribution is 2.62. The van der Waals surface area contributed by atoms with E-state index in [1.165, 1.54) is 19.3 Å². The van der Waals surface area contributed by atoms with Crippen LogP contribution in [-0.4, -0.2) is 76.0 Å². The molecule has 4 aliphatic carbocycles. The molecule has 31 heavy (non-hydrogen) atoms. The maximum absolute atomic E-state index is 13.3. The number of carbonyl (C=O) groups excluding carboxylic acids is 2.